The van der Waals surface area contributed by atoms with Crippen LogP contribution >= 0.6 is 0 Å². The Morgan fingerprint density at radius 3 is 2.65 bits per heavy atom. The fraction of sp³-hybridized carbons (Fsp3) is 0.765. The molecule has 1 amide bonds. The molecule has 3 rings (SSSR count). The summed E-state index contributed by atoms with van der Waals surface area (Å²) < 4.78 is 7.36. The zero-order chi connectivity index (χ0) is 16.4. The molecule has 1 aromatic heterocycles. The Balaban J connectivity index is 1.74. The van der Waals surface area contributed by atoms with E-state index in [0.717, 1.165) is 62.5 Å². The molecule has 2 aliphatic rings. The van der Waals surface area contributed by atoms with Gasteiger partial charge in [0.25, 0.3) is 0 Å². The molecule has 0 saturated carbocycles. The van der Waals surface area contributed by atoms with Crippen molar-refractivity contribution in [2.45, 2.75) is 45.1 Å². The molecule has 2 fully saturated rings. The zero-order valence-electron chi connectivity index (χ0n) is 14.5. The molecule has 23 heavy (non-hydrogen) atoms. The first kappa shape index (κ1) is 16.3. The molecule has 1 aromatic rings. The van der Waals surface area contributed by atoms with Crippen molar-refractivity contribution in [3.05, 3.63) is 11.3 Å². The van der Waals surface area contributed by atoms with Crippen molar-refractivity contribution < 1.29 is 9.53 Å². The van der Waals surface area contributed by atoms with Gasteiger partial charge in [0.05, 0.1) is 24.9 Å². The molecule has 6 nitrogen and oxygen atoms in total. The number of piperidine rings is 1. The maximum absolute atomic E-state index is 12.6. The fourth-order valence-corrected chi connectivity index (χ4v) is 4.04. The molecule has 0 bridgehead atoms. The van der Waals surface area contributed by atoms with Gasteiger partial charge in [-0.3, -0.25) is 9.69 Å². The Morgan fingerprint density at radius 1 is 1.22 bits per heavy atom. The Bertz CT molecular complexity index is 563. The average molecular weight is 320 g/mol. The third-order valence-corrected chi connectivity index (χ3v) is 5.15. The van der Waals surface area contributed by atoms with Gasteiger partial charge in [0.15, 0.2) is 0 Å². The number of hydrogen-bond acceptors (Lipinski definition) is 4. The smallest absolute Gasteiger partial charge is 0.236 e. The Kier molecular flexibility index (Phi) is 4.90. The van der Waals surface area contributed by atoms with Crippen molar-refractivity contribution in [3.8, 4) is 5.88 Å². The van der Waals surface area contributed by atoms with Crippen LogP contribution in [0.5, 0.6) is 5.88 Å². The number of nitrogens with zero attached hydrogens (tertiary/aromatic N) is 4. The second-order valence-corrected chi connectivity index (χ2v) is 6.70. The third-order valence-electron chi connectivity index (χ3n) is 5.15. The highest BCUT2D eigenvalue weighted by Crippen LogP contribution is 2.38. The topological polar surface area (TPSA) is 50.6 Å². The maximum Gasteiger partial charge on any atom is 0.236 e. The quantitative estimate of drug-likeness (QED) is 0.850. The predicted molar refractivity (Wildman–Crippen MR) is 88.5 cm³/mol. The number of hydrogen-bond donors (Lipinski definition) is 0. The first-order chi connectivity index (χ1) is 11.1. The van der Waals surface area contributed by atoms with E-state index in [-0.39, 0.29) is 11.9 Å². The van der Waals surface area contributed by atoms with E-state index in [1.165, 1.54) is 6.42 Å². The normalized spacial score (nSPS) is 22.6. The molecule has 0 N–H and O–H groups in total. The number of ether oxygens (including phenoxy) is 1. The van der Waals surface area contributed by atoms with Crippen LogP contribution in [-0.2, 0) is 11.8 Å². The van der Waals surface area contributed by atoms with Crippen LogP contribution in [-0.4, -0.2) is 58.8 Å². The van der Waals surface area contributed by atoms with Gasteiger partial charge in [-0.2, -0.15) is 5.10 Å². The molecule has 1 unspecified atom stereocenters. The summed E-state index contributed by atoms with van der Waals surface area (Å²) in [4.78, 5) is 17.0. The lowest BCUT2D eigenvalue weighted by Crippen LogP contribution is -2.42. The summed E-state index contributed by atoms with van der Waals surface area (Å²) in [5.41, 5.74) is 2.16. The highest BCUT2D eigenvalue weighted by Gasteiger charge is 2.34. The van der Waals surface area contributed by atoms with Crippen LogP contribution in [0.4, 0.5) is 0 Å². The van der Waals surface area contributed by atoms with Gasteiger partial charge in [-0.25, -0.2) is 4.68 Å². The highest BCUT2D eigenvalue weighted by atomic mass is 16.5. The summed E-state index contributed by atoms with van der Waals surface area (Å²) >= 11 is 0. The van der Waals surface area contributed by atoms with Crippen molar-refractivity contribution in [2.24, 2.45) is 7.05 Å². The van der Waals surface area contributed by atoms with Crippen molar-refractivity contribution in [3.63, 3.8) is 0 Å². The highest BCUT2D eigenvalue weighted by molar-refractivity contribution is 5.78. The van der Waals surface area contributed by atoms with E-state index in [9.17, 15) is 4.79 Å². The molecule has 6 heteroatoms. The lowest BCUT2D eigenvalue weighted by molar-refractivity contribution is -0.133. The molecule has 3 heterocycles. The van der Waals surface area contributed by atoms with Gasteiger partial charge in [-0.1, -0.05) is 0 Å². The van der Waals surface area contributed by atoms with Crippen molar-refractivity contribution in [1.82, 2.24) is 19.6 Å². The van der Waals surface area contributed by atoms with Gasteiger partial charge in [-0.05, 0) is 45.6 Å². The monoisotopic (exact) mass is 320 g/mol. The van der Waals surface area contributed by atoms with Crippen LogP contribution in [0.25, 0.3) is 0 Å². The van der Waals surface area contributed by atoms with Crippen molar-refractivity contribution in [2.75, 3.05) is 33.3 Å². The summed E-state index contributed by atoms with van der Waals surface area (Å²) in [6.45, 7) is 5.36. The summed E-state index contributed by atoms with van der Waals surface area (Å²) in [6, 6.07) is 0.243. The maximum atomic E-state index is 12.6. The minimum Gasteiger partial charge on any atom is -0.481 e. The number of aromatic nitrogens is 2. The Labute approximate surface area is 138 Å². The molecule has 0 aromatic carbocycles. The summed E-state index contributed by atoms with van der Waals surface area (Å²) in [5.74, 6) is 1.10. The number of likely N-dealkylation sites (tertiary alicyclic amines) is 2. The lowest BCUT2D eigenvalue weighted by atomic mass is 10.0. The number of carbonyl (C=O) groups excluding carboxylic acids is 1. The van der Waals surface area contributed by atoms with Gasteiger partial charge in [0, 0.05) is 26.2 Å². The SMILES string of the molecule is COc1c(C2CCCN2CC(=O)N2CCCCC2)c(C)nn1C. The average Bonchev–Trinajstić information content (AvgIpc) is 3.11. The Hall–Kier alpha value is -1.56. The van der Waals surface area contributed by atoms with Crippen LogP contribution in [0.1, 0.15) is 49.4 Å². The molecule has 0 spiro atoms. The second-order valence-electron chi connectivity index (χ2n) is 6.70. The van der Waals surface area contributed by atoms with Crippen molar-refractivity contribution in [1.29, 1.82) is 0 Å². The van der Waals surface area contributed by atoms with Crippen LogP contribution in [0.2, 0.25) is 0 Å². The Morgan fingerprint density at radius 2 is 1.96 bits per heavy atom. The summed E-state index contributed by atoms with van der Waals surface area (Å²) in [6.07, 6.45) is 5.73. The minimum atomic E-state index is 0.243. The number of amides is 1. The molecular weight excluding hydrogens is 292 g/mol. The molecule has 1 atom stereocenters. The zero-order valence-corrected chi connectivity index (χ0v) is 14.5. The summed E-state index contributed by atoms with van der Waals surface area (Å²) in [7, 11) is 3.60. The molecule has 0 aliphatic carbocycles. The summed E-state index contributed by atoms with van der Waals surface area (Å²) in [5, 5.41) is 4.50. The van der Waals surface area contributed by atoms with Gasteiger partial charge < -0.3 is 9.64 Å². The van der Waals surface area contributed by atoms with E-state index < -0.39 is 0 Å². The predicted octanol–water partition coefficient (Wildman–Crippen LogP) is 1.89. The lowest BCUT2D eigenvalue weighted by Gasteiger charge is -2.30. The van der Waals surface area contributed by atoms with E-state index in [1.54, 1.807) is 11.8 Å². The van der Waals surface area contributed by atoms with Crippen LogP contribution in [0.3, 0.4) is 0 Å². The standard InChI is InChI=1S/C17H28N4O2/c1-13-16(17(23-3)19(2)18-13)14-8-7-11-21(14)12-15(22)20-9-5-4-6-10-20/h14H,4-12H2,1-3H3. The second kappa shape index (κ2) is 6.91. The number of methoxy groups -OCH3 is 1. The van der Waals surface area contributed by atoms with E-state index in [0.29, 0.717) is 6.54 Å². The fourth-order valence-electron chi connectivity index (χ4n) is 4.04. The molecular formula is C17H28N4O2. The van der Waals surface area contributed by atoms with E-state index in [2.05, 4.69) is 10.00 Å². The first-order valence-corrected chi connectivity index (χ1v) is 8.71. The van der Waals surface area contributed by atoms with E-state index in [4.69, 9.17) is 4.74 Å². The van der Waals surface area contributed by atoms with Gasteiger partial charge >= 0.3 is 0 Å². The van der Waals surface area contributed by atoms with Gasteiger partial charge in [0.1, 0.15) is 0 Å². The molecule has 2 aliphatic heterocycles. The first-order valence-electron chi connectivity index (χ1n) is 8.71. The minimum absolute atomic E-state index is 0.243. The van der Waals surface area contributed by atoms with Crippen molar-refractivity contribution >= 4 is 5.91 Å². The third kappa shape index (κ3) is 3.22. The molecule has 128 valence electrons. The van der Waals surface area contributed by atoms with Gasteiger partial charge in [0.2, 0.25) is 11.8 Å². The number of carbonyl (C=O) groups is 1. The largest absolute Gasteiger partial charge is 0.481 e. The molecule has 0 radical (unpaired) electrons. The van der Waals surface area contributed by atoms with E-state index in [1.807, 2.05) is 18.9 Å². The van der Waals surface area contributed by atoms with E-state index >= 15 is 0 Å². The molecule has 2 saturated heterocycles. The number of aryl methyl sites for hydroxylation is 2. The number of rotatable bonds is 4. The van der Waals surface area contributed by atoms with Gasteiger partial charge in [-0.15, -0.1) is 0 Å². The van der Waals surface area contributed by atoms with Crippen LogP contribution < -0.4 is 4.74 Å². The van der Waals surface area contributed by atoms with Crippen LogP contribution in [0, 0.1) is 6.92 Å². The van der Waals surface area contributed by atoms with Crippen LogP contribution in [0.15, 0.2) is 0 Å².